The van der Waals surface area contributed by atoms with Gasteiger partial charge in [-0.1, -0.05) is 18.2 Å². The molecule has 0 bridgehead atoms. The van der Waals surface area contributed by atoms with Crippen LogP contribution in [0.4, 0.5) is 5.95 Å². The first-order chi connectivity index (χ1) is 17.5. The number of fused-ring (bicyclic) bond motifs is 2. The van der Waals surface area contributed by atoms with Crippen molar-refractivity contribution < 1.29 is 13.2 Å². The van der Waals surface area contributed by atoms with E-state index in [1.54, 1.807) is 17.0 Å². The highest BCUT2D eigenvalue weighted by Gasteiger charge is 2.29. The van der Waals surface area contributed by atoms with E-state index in [2.05, 4.69) is 10.3 Å². The van der Waals surface area contributed by atoms with Crippen LogP contribution in [0.2, 0.25) is 0 Å². The molecule has 1 aliphatic heterocycles. The van der Waals surface area contributed by atoms with Crippen molar-refractivity contribution in [2.45, 2.75) is 44.7 Å². The molecule has 0 fully saturated rings. The number of carbonyl (C=O) groups excluding carboxylic acids is 1. The number of nitrogens with zero attached hydrogens (tertiary/aromatic N) is 3. The van der Waals surface area contributed by atoms with Gasteiger partial charge in [-0.3, -0.25) is 9.59 Å². The summed E-state index contributed by atoms with van der Waals surface area (Å²) in [5.41, 5.74) is 3.76. The Labute approximate surface area is 215 Å². The fraction of sp³-hybridized carbons (Fsp3) is 0.296. The number of nitrogens with one attached hydrogen (secondary N) is 2. The molecule has 2 N–H and O–H groups in total. The van der Waals surface area contributed by atoms with Crippen molar-refractivity contribution in [2.24, 2.45) is 0 Å². The van der Waals surface area contributed by atoms with Gasteiger partial charge in [0.05, 0.1) is 22.8 Å². The topological polar surface area (TPSA) is 117 Å². The molecule has 0 atom stereocenters. The Hall–Kier alpha value is -3.92. The number of aromatic nitrogens is 3. The van der Waals surface area contributed by atoms with Crippen LogP contribution in [0.25, 0.3) is 16.6 Å². The number of anilines is 1. The van der Waals surface area contributed by atoms with E-state index in [-0.39, 0.29) is 28.9 Å². The Morgan fingerprint density at radius 1 is 1.11 bits per heavy atom. The van der Waals surface area contributed by atoms with Gasteiger partial charge in [-0.25, -0.2) is 18.0 Å². The second-order valence-corrected chi connectivity index (χ2v) is 11.7. The van der Waals surface area contributed by atoms with Crippen molar-refractivity contribution in [2.75, 3.05) is 18.1 Å². The molecule has 0 spiro atoms. The molecule has 1 amide bonds. The Morgan fingerprint density at radius 2 is 1.81 bits per heavy atom. The van der Waals surface area contributed by atoms with Gasteiger partial charge in [0.25, 0.3) is 11.5 Å². The summed E-state index contributed by atoms with van der Waals surface area (Å²) in [6.07, 6.45) is 1.51. The number of amides is 1. The molecular weight excluding hydrogens is 490 g/mol. The first-order valence-electron chi connectivity index (χ1n) is 12.1. The zero-order valence-corrected chi connectivity index (χ0v) is 22.0. The molecule has 4 aromatic rings. The maximum Gasteiger partial charge on any atom is 0.270 e. The van der Waals surface area contributed by atoms with Crippen LogP contribution in [0.15, 0.2) is 58.2 Å². The van der Waals surface area contributed by atoms with Gasteiger partial charge >= 0.3 is 0 Å². The van der Waals surface area contributed by atoms with Gasteiger partial charge < -0.3 is 15.2 Å². The van der Waals surface area contributed by atoms with Crippen LogP contribution in [-0.4, -0.2) is 52.6 Å². The number of para-hydroxylation sites is 1. The number of rotatable bonds is 5. The summed E-state index contributed by atoms with van der Waals surface area (Å²) in [4.78, 5) is 37.1. The standard InChI is InChI=1S/C27H29N5O4S/c1-16(2)28-27-30-23-15-31(26(34)24-17(3)20-7-5-6-8-22(20)29-24)14-13-21(23)25(33)32(27)18-9-11-19(12-10-18)37(4,35)36/h5-12,16,29H,13-15H2,1-4H3,(H,28,30). The summed E-state index contributed by atoms with van der Waals surface area (Å²) in [6, 6.07) is 14.0. The molecule has 192 valence electrons. The van der Waals surface area contributed by atoms with Gasteiger partial charge in [0, 0.05) is 35.3 Å². The van der Waals surface area contributed by atoms with Crippen LogP contribution in [0.5, 0.6) is 0 Å². The molecule has 0 saturated heterocycles. The van der Waals surface area contributed by atoms with E-state index in [9.17, 15) is 18.0 Å². The van der Waals surface area contributed by atoms with Crippen LogP contribution in [0.1, 0.15) is 41.2 Å². The number of aryl methyl sites for hydroxylation is 1. The van der Waals surface area contributed by atoms with E-state index in [4.69, 9.17) is 4.98 Å². The minimum atomic E-state index is -3.36. The molecule has 0 unspecified atom stereocenters. The number of sulfone groups is 1. The molecule has 0 radical (unpaired) electrons. The normalized spacial score (nSPS) is 13.7. The Morgan fingerprint density at radius 3 is 2.46 bits per heavy atom. The molecule has 3 heterocycles. The van der Waals surface area contributed by atoms with Crippen molar-refractivity contribution in [3.8, 4) is 5.69 Å². The fourth-order valence-electron chi connectivity index (χ4n) is 4.75. The van der Waals surface area contributed by atoms with E-state index in [0.29, 0.717) is 41.6 Å². The molecule has 2 aromatic carbocycles. The zero-order chi connectivity index (χ0) is 26.5. The quantitative estimate of drug-likeness (QED) is 0.417. The third-order valence-electron chi connectivity index (χ3n) is 6.64. The third kappa shape index (κ3) is 4.53. The summed E-state index contributed by atoms with van der Waals surface area (Å²) in [6.45, 7) is 6.43. The number of carbonyl (C=O) groups is 1. The first-order valence-corrected chi connectivity index (χ1v) is 14.0. The maximum atomic E-state index is 13.7. The monoisotopic (exact) mass is 519 g/mol. The number of hydrogen-bond donors (Lipinski definition) is 2. The number of aromatic amines is 1. The molecule has 5 rings (SSSR count). The molecule has 0 saturated carbocycles. The summed E-state index contributed by atoms with van der Waals surface area (Å²) in [5.74, 6) is 0.224. The van der Waals surface area contributed by atoms with Gasteiger partial charge in [-0.05, 0) is 63.1 Å². The minimum absolute atomic E-state index is 0.0122. The van der Waals surface area contributed by atoms with Crippen LogP contribution in [0.3, 0.4) is 0 Å². The molecule has 10 heteroatoms. The lowest BCUT2D eigenvalue weighted by Gasteiger charge is -2.29. The number of benzene rings is 2. The zero-order valence-electron chi connectivity index (χ0n) is 21.2. The SMILES string of the molecule is Cc1c(C(=O)N2CCc3c(nc(NC(C)C)n(-c4ccc(S(C)(=O)=O)cc4)c3=O)C2)[nH]c2ccccc12. The van der Waals surface area contributed by atoms with Gasteiger partial charge in [0.15, 0.2) is 9.84 Å². The largest absolute Gasteiger partial charge is 0.353 e. The highest BCUT2D eigenvalue weighted by molar-refractivity contribution is 7.90. The van der Waals surface area contributed by atoms with Crippen LogP contribution < -0.4 is 10.9 Å². The fourth-order valence-corrected chi connectivity index (χ4v) is 5.38. The highest BCUT2D eigenvalue weighted by Crippen LogP contribution is 2.26. The Bertz CT molecular complexity index is 1680. The van der Waals surface area contributed by atoms with Crippen molar-refractivity contribution in [3.63, 3.8) is 0 Å². The van der Waals surface area contributed by atoms with E-state index >= 15 is 0 Å². The Balaban J connectivity index is 1.53. The average Bonchev–Trinajstić information content (AvgIpc) is 3.19. The molecule has 2 aromatic heterocycles. The maximum absolute atomic E-state index is 13.7. The van der Waals surface area contributed by atoms with Gasteiger partial charge in [0.1, 0.15) is 5.69 Å². The van der Waals surface area contributed by atoms with Crippen molar-refractivity contribution in [1.29, 1.82) is 0 Å². The van der Waals surface area contributed by atoms with Crippen LogP contribution in [-0.2, 0) is 22.8 Å². The van der Waals surface area contributed by atoms with Crippen molar-refractivity contribution in [3.05, 3.63) is 81.4 Å². The molecule has 37 heavy (non-hydrogen) atoms. The summed E-state index contributed by atoms with van der Waals surface area (Å²) < 4.78 is 25.2. The second kappa shape index (κ2) is 9.19. The van der Waals surface area contributed by atoms with Gasteiger partial charge in [0.2, 0.25) is 5.95 Å². The lowest BCUT2D eigenvalue weighted by atomic mass is 10.0. The highest BCUT2D eigenvalue weighted by atomic mass is 32.2. The minimum Gasteiger partial charge on any atom is -0.353 e. The Kier molecular flexibility index (Phi) is 6.15. The second-order valence-electron chi connectivity index (χ2n) is 9.71. The van der Waals surface area contributed by atoms with Crippen molar-refractivity contribution >= 4 is 32.6 Å². The predicted molar refractivity (Wildman–Crippen MR) is 143 cm³/mol. The van der Waals surface area contributed by atoms with Crippen LogP contribution >= 0.6 is 0 Å². The molecule has 9 nitrogen and oxygen atoms in total. The molecule has 1 aliphatic rings. The van der Waals surface area contributed by atoms with Gasteiger partial charge in [-0.2, -0.15) is 0 Å². The summed E-state index contributed by atoms with van der Waals surface area (Å²) in [7, 11) is -3.36. The summed E-state index contributed by atoms with van der Waals surface area (Å²) >= 11 is 0. The van der Waals surface area contributed by atoms with Crippen molar-refractivity contribution in [1.82, 2.24) is 19.4 Å². The van der Waals surface area contributed by atoms with Gasteiger partial charge in [-0.15, -0.1) is 0 Å². The van der Waals surface area contributed by atoms with E-state index in [0.717, 1.165) is 22.7 Å². The molecule has 0 aliphatic carbocycles. The van der Waals surface area contributed by atoms with E-state index in [1.165, 1.54) is 16.7 Å². The number of hydrogen-bond acceptors (Lipinski definition) is 6. The molecular formula is C27H29N5O4S. The summed E-state index contributed by atoms with van der Waals surface area (Å²) in [5, 5.41) is 4.24. The van der Waals surface area contributed by atoms with Crippen LogP contribution in [0, 0.1) is 6.92 Å². The predicted octanol–water partition coefficient (Wildman–Crippen LogP) is 3.44. The third-order valence-corrected chi connectivity index (χ3v) is 7.77. The smallest absolute Gasteiger partial charge is 0.270 e. The first kappa shape index (κ1) is 24.8. The van der Waals surface area contributed by atoms with E-state index < -0.39 is 9.84 Å². The average molecular weight is 520 g/mol. The van der Waals surface area contributed by atoms with E-state index in [1.807, 2.05) is 45.0 Å². The number of H-pyrrole nitrogens is 1. The lowest BCUT2D eigenvalue weighted by molar-refractivity contribution is 0.0725. The lowest BCUT2D eigenvalue weighted by Crippen LogP contribution is -2.41.